The lowest BCUT2D eigenvalue weighted by Crippen LogP contribution is -1.97. The minimum Gasteiger partial charge on any atom is -0.507 e. The number of phenols is 1. The van der Waals surface area contributed by atoms with E-state index in [1.54, 1.807) is 25.3 Å². The summed E-state index contributed by atoms with van der Waals surface area (Å²) in [6, 6.07) is 23.1. The standard InChI is InChI=1S/C20H16N2O2/c1-24-15-11-12-19(23)16(13-15)20-21-17-9-5-6-10-18(17)22(20)14-7-3-2-4-8-14/h2-13,23H,1H3. The molecular formula is C20H16N2O2. The van der Waals surface area contributed by atoms with Crippen LogP contribution in [0.15, 0.2) is 72.8 Å². The Hall–Kier alpha value is -3.27. The minimum absolute atomic E-state index is 0.170. The normalized spacial score (nSPS) is 10.9. The first kappa shape index (κ1) is 14.3. The molecule has 0 unspecified atom stereocenters. The van der Waals surface area contributed by atoms with E-state index in [-0.39, 0.29) is 5.75 Å². The second-order valence-corrected chi connectivity index (χ2v) is 5.48. The summed E-state index contributed by atoms with van der Waals surface area (Å²) >= 11 is 0. The van der Waals surface area contributed by atoms with Crippen LogP contribution < -0.4 is 4.74 Å². The summed E-state index contributed by atoms with van der Waals surface area (Å²) in [5, 5.41) is 10.4. The van der Waals surface area contributed by atoms with Crippen LogP contribution in [0.25, 0.3) is 28.1 Å². The number of hydrogen-bond acceptors (Lipinski definition) is 3. The summed E-state index contributed by atoms with van der Waals surface area (Å²) in [4.78, 5) is 4.74. The molecular weight excluding hydrogens is 300 g/mol. The molecule has 1 aromatic heterocycles. The van der Waals surface area contributed by atoms with Gasteiger partial charge in [0.1, 0.15) is 17.3 Å². The molecule has 0 aliphatic carbocycles. The van der Waals surface area contributed by atoms with Crippen molar-refractivity contribution in [3.63, 3.8) is 0 Å². The van der Waals surface area contributed by atoms with E-state index >= 15 is 0 Å². The molecule has 4 aromatic rings. The van der Waals surface area contributed by atoms with Gasteiger partial charge in [0.2, 0.25) is 0 Å². The van der Waals surface area contributed by atoms with Crippen molar-refractivity contribution in [2.75, 3.05) is 7.11 Å². The van der Waals surface area contributed by atoms with Gasteiger partial charge >= 0.3 is 0 Å². The molecule has 1 heterocycles. The second kappa shape index (κ2) is 5.74. The molecule has 0 saturated heterocycles. The predicted octanol–water partition coefficient (Wildman–Crippen LogP) is 4.41. The number of imidazole rings is 1. The molecule has 0 bridgehead atoms. The molecule has 0 saturated carbocycles. The van der Waals surface area contributed by atoms with E-state index in [4.69, 9.17) is 9.72 Å². The largest absolute Gasteiger partial charge is 0.507 e. The number of benzene rings is 3. The Bertz CT molecular complexity index is 1010. The summed E-state index contributed by atoms with van der Waals surface area (Å²) in [5.41, 5.74) is 3.48. The van der Waals surface area contributed by atoms with Crippen molar-refractivity contribution in [3.05, 3.63) is 72.8 Å². The van der Waals surface area contributed by atoms with Crippen LogP contribution in [0, 0.1) is 0 Å². The third-order valence-electron chi connectivity index (χ3n) is 4.02. The number of nitrogens with zero attached hydrogens (tertiary/aromatic N) is 2. The number of para-hydroxylation sites is 3. The van der Waals surface area contributed by atoms with Crippen molar-refractivity contribution in [1.29, 1.82) is 0 Å². The molecule has 0 radical (unpaired) electrons. The second-order valence-electron chi connectivity index (χ2n) is 5.48. The molecule has 4 nitrogen and oxygen atoms in total. The highest BCUT2D eigenvalue weighted by molar-refractivity contribution is 5.84. The lowest BCUT2D eigenvalue weighted by atomic mass is 10.1. The van der Waals surface area contributed by atoms with Crippen molar-refractivity contribution >= 4 is 11.0 Å². The highest BCUT2D eigenvalue weighted by atomic mass is 16.5. The molecule has 0 fully saturated rings. The van der Waals surface area contributed by atoms with Crippen LogP contribution in [-0.4, -0.2) is 21.8 Å². The summed E-state index contributed by atoms with van der Waals surface area (Å²) < 4.78 is 7.35. The van der Waals surface area contributed by atoms with Crippen molar-refractivity contribution < 1.29 is 9.84 Å². The van der Waals surface area contributed by atoms with Crippen LogP contribution in [0.2, 0.25) is 0 Å². The third kappa shape index (κ3) is 2.29. The molecule has 0 amide bonds. The van der Waals surface area contributed by atoms with Gasteiger partial charge in [-0.25, -0.2) is 4.98 Å². The number of aromatic nitrogens is 2. The zero-order valence-corrected chi connectivity index (χ0v) is 13.2. The number of phenolic OH excluding ortho intramolecular Hbond substituents is 1. The van der Waals surface area contributed by atoms with Crippen LogP contribution >= 0.6 is 0 Å². The van der Waals surface area contributed by atoms with Crippen LogP contribution in [0.4, 0.5) is 0 Å². The number of aromatic hydroxyl groups is 1. The van der Waals surface area contributed by atoms with Crippen molar-refractivity contribution in [2.45, 2.75) is 0 Å². The van der Waals surface area contributed by atoms with Gasteiger partial charge < -0.3 is 9.84 Å². The van der Waals surface area contributed by atoms with Gasteiger partial charge in [0, 0.05) is 5.69 Å². The van der Waals surface area contributed by atoms with Gasteiger partial charge in [0.05, 0.1) is 23.7 Å². The van der Waals surface area contributed by atoms with Crippen LogP contribution in [-0.2, 0) is 0 Å². The number of fused-ring (bicyclic) bond motifs is 1. The lowest BCUT2D eigenvalue weighted by molar-refractivity contribution is 0.412. The maximum Gasteiger partial charge on any atom is 0.149 e. The van der Waals surface area contributed by atoms with E-state index in [9.17, 15) is 5.11 Å². The first-order valence-corrected chi connectivity index (χ1v) is 7.68. The van der Waals surface area contributed by atoms with E-state index in [1.807, 2.05) is 59.2 Å². The van der Waals surface area contributed by atoms with E-state index in [2.05, 4.69) is 0 Å². The van der Waals surface area contributed by atoms with E-state index < -0.39 is 0 Å². The van der Waals surface area contributed by atoms with Gasteiger partial charge in [0.15, 0.2) is 0 Å². The maximum absolute atomic E-state index is 10.4. The Kier molecular flexibility index (Phi) is 3.43. The molecule has 118 valence electrons. The fourth-order valence-corrected chi connectivity index (χ4v) is 2.87. The van der Waals surface area contributed by atoms with Crippen LogP contribution in [0.1, 0.15) is 0 Å². The summed E-state index contributed by atoms with van der Waals surface area (Å²) in [6.07, 6.45) is 0. The van der Waals surface area contributed by atoms with Crippen LogP contribution in [0.5, 0.6) is 11.5 Å². The van der Waals surface area contributed by atoms with Gasteiger partial charge in [-0.3, -0.25) is 4.57 Å². The third-order valence-corrected chi connectivity index (χ3v) is 4.02. The van der Waals surface area contributed by atoms with E-state index in [0.717, 1.165) is 16.7 Å². The van der Waals surface area contributed by atoms with Crippen LogP contribution in [0.3, 0.4) is 0 Å². The molecule has 3 aromatic carbocycles. The Morgan fingerprint density at radius 1 is 0.917 bits per heavy atom. The van der Waals surface area contributed by atoms with E-state index in [0.29, 0.717) is 17.1 Å². The number of ether oxygens (including phenoxy) is 1. The molecule has 0 aliphatic rings. The molecule has 4 heteroatoms. The molecule has 4 rings (SSSR count). The molecule has 1 N–H and O–H groups in total. The number of hydrogen-bond donors (Lipinski definition) is 1. The molecule has 24 heavy (non-hydrogen) atoms. The summed E-state index contributed by atoms with van der Waals surface area (Å²) in [5.74, 6) is 1.52. The Balaban J connectivity index is 2.06. The fourth-order valence-electron chi connectivity index (χ4n) is 2.87. The monoisotopic (exact) mass is 316 g/mol. The first-order valence-electron chi connectivity index (χ1n) is 7.68. The van der Waals surface area contributed by atoms with Crippen molar-refractivity contribution in [1.82, 2.24) is 9.55 Å². The van der Waals surface area contributed by atoms with Gasteiger partial charge in [-0.1, -0.05) is 30.3 Å². The smallest absolute Gasteiger partial charge is 0.149 e. The zero-order valence-electron chi connectivity index (χ0n) is 13.2. The maximum atomic E-state index is 10.4. The number of rotatable bonds is 3. The molecule has 0 aliphatic heterocycles. The van der Waals surface area contributed by atoms with Crippen molar-refractivity contribution in [2.24, 2.45) is 0 Å². The molecule has 0 atom stereocenters. The highest BCUT2D eigenvalue weighted by Gasteiger charge is 2.17. The lowest BCUT2D eigenvalue weighted by Gasteiger charge is -2.11. The van der Waals surface area contributed by atoms with Gasteiger partial charge in [0.25, 0.3) is 0 Å². The van der Waals surface area contributed by atoms with Gasteiger partial charge in [-0.15, -0.1) is 0 Å². The Morgan fingerprint density at radius 2 is 1.67 bits per heavy atom. The van der Waals surface area contributed by atoms with E-state index in [1.165, 1.54) is 0 Å². The van der Waals surface area contributed by atoms with Gasteiger partial charge in [-0.05, 0) is 42.5 Å². The highest BCUT2D eigenvalue weighted by Crippen LogP contribution is 2.35. The average molecular weight is 316 g/mol. The molecule has 0 spiro atoms. The first-order chi connectivity index (χ1) is 11.8. The summed E-state index contributed by atoms with van der Waals surface area (Å²) in [7, 11) is 1.61. The number of methoxy groups -OCH3 is 1. The fraction of sp³-hybridized carbons (Fsp3) is 0.0500. The predicted molar refractivity (Wildman–Crippen MR) is 94.7 cm³/mol. The average Bonchev–Trinajstić information content (AvgIpc) is 3.02. The van der Waals surface area contributed by atoms with Crippen molar-refractivity contribution in [3.8, 4) is 28.6 Å². The Labute approximate surface area is 139 Å². The topological polar surface area (TPSA) is 47.3 Å². The summed E-state index contributed by atoms with van der Waals surface area (Å²) in [6.45, 7) is 0. The quantitative estimate of drug-likeness (QED) is 0.609. The Morgan fingerprint density at radius 3 is 2.46 bits per heavy atom. The van der Waals surface area contributed by atoms with Gasteiger partial charge in [-0.2, -0.15) is 0 Å². The minimum atomic E-state index is 0.170. The zero-order chi connectivity index (χ0) is 16.5. The SMILES string of the molecule is COc1ccc(O)c(-c2nc3ccccc3n2-c2ccccc2)c1.